The number of imidazole rings is 2. The maximum atomic E-state index is 13.3. The molecule has 5 heteroatoms. The number of nitrogens with zero attached hydrogens (tertiary/aromatic N) is 2. The van der Waals surface area contributed by atoms with Crippen molar-refractivity contribution in [3.05, 3.63) is 36.4 Å². The SMILES string of the molecule is Fc1cccc2[nH]c(-c3ncc[nH]3)nc12. The number of halogens is 1. The van der Waals surface area contributed by atoms with Crippen LogP contribution in [-0.4, -0.2) is 19.9 Å². The van der Waals surface area contributed by atoms with Crippen molar-refractivity contribution in [3.63, 3.8) is 0 Å². The lowest BCUT2D eigenvalue weighted by Crippen LogP contribution is -1.81. The van der Waals surface area contributed by atoms with E-state index in [-0.39, 0.29) is 5.82 Å². The van der Waals surface area contributed by atoms with Crippen molar-refractivity contribution >= 4 is 11.0 Å². The minimum atomic E-state index is -0.332. The van der Waals surface area contributed by atoms with Gasteiger partial charge in [0.25, 0.3) is 0 Å². The highest BCUT2D eigenvalue weighted by Gasteiger charge is 2.09. The molecule has 0 saturated heterocycles. The summed E-state index contributed by atoms with van der Waals surface area (Å²) in [7, 11) is 0. The summed E-state index contributed by atoms with van der Waals surface area (Å²) in [5.41, 5.74) is 1.00. The van der Waals surface area contributed by atoms with Gasteiger partial charge in [-0.2, -0.15) is 0 Å². The second-order valence-corrected chi connectivity index (χ2v) is 3.16. The van der Waals surface area contributed by atoms with Gasteiger partial charge in [-0.25, -0.2) is 14.4 Å². The molecule has 0 aliphatic rings. The number of H-pyrrole nitrogens is 2. The first-order valence-electron chi connectivity index (χ1n) is 4.48. The van der Waals surface area contributed by atoms with Crippen LogP contribution in [0, 0.1) is 5.82 Å². The van der Waals surface area contributed by atoms with Gasteiger partial charge in [0.05, 0.1) is 5.52 Å². The first-order valence-corrected chi connectivity index (χ1v) is 4.48. The predicted molar refractivity (Wildman–Crippen MR) is 53.6 cm³/mol. The lowest BCUT2D eigenvalue weighted by atomic mass is 10.3. The third-order valence-electron chi connectivity index (χ3n) is 2.19. The highest BCUT2D eigenvalue weighted by Crippen LogP contribution is 2.19. The first kappa shape index (κ1) is 8.16. The molecule has 0 aliphatic heterocycles. The lowest BCUT2D eigenvalue weighted by Gasteiger charge is -1.86. The molecule has 1 aromatic carbocycles. The molecule has 4 nitrogen and oxygen atoms in total. The van der Waals surface area contributed by atoms with Gasteiger partial charge in [0, 0.05) is 12.4 Å². The van der Waals surface area contributed by atoms with Crippen LogP contribution in [0.4, 0.5) is 4.39 Å². The predicted octanol–water partition coefficient (Wildman–Crippen LogP) is 2.09. The molecule has 0 unspecified atom stereocenters. The normalized spacial score (nSPS) is 11.0. The van der Waals surface area contributed by atoms with Gasteiger partial charge in [-0.1, -0.05) is 6.07 Å². The van der Waals surface area contributed by atoms with E-state index in [2.05, 4.69) is 19.9 Å². The monoisotopic (exact) mass is 202 g/mol. The molecular weight excluding hydrogens is 195 g/mol. The quantitative estimate of drug-likeness (QED) is 0.634. The van der Waals surface area contributed by atoms with Crippen molar-refractivity contribution in [3.8, 4) is 11.6 Å². The second kappa shape index (κ2) is 2.91. The van der Waals surface area contributed by atoms with Crippen molar-refractivity contribution < 1.29 is 4.39 Å². The fourth-order valence-electron chi connectivity index (χ4n) is 1.50. The molecule has 74 valence electrons. The van der Waals surface area contributed by atoms with Gasteiger partial charge in [0.2, 0.25) is 0 Å². The van der Waals surface area contributed by atoms with Crippen molar-refractivity contribution in [2.45, 2.75) is 0 Å². The summed E-state index contributed by atoms with van der Waals surface area (Å²) in [6.07, 6.45) is 3.32. The molecule has 0 aliphatic carbocycles. The van der Waals surface area contributed by atoms with E-state index in [1.165, 1.54) is 6.07 Å². The zero-order valence-electron chi connectivity index (χ0n) is 7.66. The summed E-state index contributed by atoms with van der Waals surface area (Å²) < 4.78 is 13.3. The Bertz CT molecular complexity index is 597. The average Bonchev–Trinajstić information content (AvgIpc) is 2.86. The zero-order chi connectivity index (χ0) is 10.3. The Balaban J connectivity index is 2.27. The van der Waals surface area contributed by atoms with E-state index in [0.29, 0.717) is 22.7 Å². The Hall–Kier alpha value is -2.17. The van der Waals surface area contributed by atoms with Crippen LogP contribution in [0.25, 0.3) is 22.7 Å². The van der Waals surface area contributed by atoms with Crippen LogP contribution < -0.4 is 0 Å². The Labute approximate surface area is 84.2 Å². The molecule has 3 aromatic rings. The van der Waals surface area contributed by atoms with Gasteiger partial charge < -0.3 is 9.97 Å². The summed E-state index contributed by atoms with van der Waals surface area (Å²) in [6.45, 7) is 0. The number of fused-ring (bicyclic) bond motifs is 1. The topological polar surface area (TPSA) is 57.4 Å². The molecule has 3 rings (SSSR count). The van der Waals surface area contributed by atoms with Crippen LogP contribution in [0.1, 0.15) is 0 Å². The number of aromatic amines is 2. The smallest absolute Gasteiger partial charge is 0.174 e. The highest BCUT2D eigenvalue weighted by molar-refractivity contribution is 5.78. The van der Waals surface area contributed by atoms with E-state index in [9.17, 15) is 4.39 Å². The molecule has 0 amide bonds. The summed E-state index contributed by atoms with van der Waals surface area (Å²) in [4.78, 5) is 14.1. The summed E-state index contributed by atoms with van der Waals surface area (Å²) in [5.74, 6) is 0.812. The fraction of sp³-hybridized carbons (Fsp3) is 0. The van der Waals surface area contributed by atoms with Crippen LogP contribution in [0.15, 0.2) is 30.6 Å². The summed E-state index contributed by atoms with van der Waals surface area (Å²) in [5, 5.41) is 0. The van der Waals surface area contributed by atoms with Crippen molar-refractivity contribution in [2.75, 3.05) is 0 Å². The fourth-order valence-corrected chi connectivity index (χ4v) is 1.50. The first-order chi connectivity index (χ1) is 7.34. The Morgan fingerprint density at radius 1 is 1.20 bits per heavy atom. The van der Waals surface area contributed by atoms with Crippen molar-refractivity contribution in [1.82, 2.24) is 19.9 Å². The number of nitrogens with one attached hydrogen (secondary N) is 2. The summed E-state index contributed by atoms with van der Waals surface area (Å²) in [6, 6.07) is 4.80. The zero-order valence-corrected chi connectivity index (χ0v) is 7.66. The number of rotatable bonds is 1. The largest absolute Gasteiger partial charge is 0.342 e. The minimum Gasteiger partial charge on any atom is -0.342 e. The molecule has 0 radical (unpaired) electrons. The molecule has 15 heavy (non-hydrogen) atoms. The molecule has 2 heterocycles. The Morgan fingerprint density at radius 2 is 2.13 bits per heavy atom. The molecule has 0 fully saturated rings. The van der Waals surface area contributed by atoms with Crippen LogP contribution in [0.5, 0.6) is 0 Å². The van der Waals surface area contributed by atoms with E-state index in [0.717, 1.165) is 0 Å². The van der Waals surface area contributed by atoms with Crippen LogP contribution in [0.3, 0.4) is 0 Å². The Kier molecular flexibility index (Phi) is 1.58. The van der Waals surface area contributed by atoms with Gasteiger partial charge in [0.1, 0.15) is 5.52 Å². The van der Waals surface area contributed by atoms with Gasteiger partial charge in [0.15, 0.2) is 17.5 Å². The third-order valence-corrected chi connectivity index (χ3v) is 2.19. The molecule has 0 atom stereocenters. The number of aromatic nitrogens is 4. The molecule has 0 bridgehead atoms. The average molecular weight is 202 g/mol. The van der Waals surface area contributed by atoms with E-state index in [1.54, 1.807) is 24.5 Å². The van der Waals surface area contributed by atoms with Crippen LogP contribution in [0.2, 0.25) is 0 Å². The van der Waals surface area contributed by atoms with Gasteiger partial charge in [-0.15, -0.1) is 0 Å². The van der Waals surface area contributed by atoms with Crippen LogP contribution >= 0.6 is 0 Å². The van der Waals surface area contributed by atoms with Crippen molar-refractivity contribution in [1.29, 1.82) is 0 Å². The maximum Gasteiger partial charge on any atom is 0.174 e. The molecule has 0 saturated carbocycles. The number of hydrogen-bond donors (Lipinski definition) is 2. The van der Waals surface area contributed by atoms with E-state index in [4.69, 9.17) is 0 Å². The molecule has 2 aromatic heterocycles. The number of para-hydroxylation sites is 1. The Morgan fingerprint density at radius 3 is 2.87 bits per heavy atom. The minimum absolute atomic E-state index is 0.332. The number of hydrogen-bond acceptors (Lipinski definition) is 2. The van der Waals surface area contributed by atoms with Crippen molar-refractivity contribution in [2.24, 2.45) is 0 Å². The molecular formula is C10H7FN4. The van der Waals surface area contributed by atoms with Gasteiger partial charge in [-0.3, -0.25) is 0 Å². The summed E-state index contributed by atoms with van der Waals surface area (Å²) >= 11 is 0. The standard InChI is InChI=1S/C10H7FN4/c11-6-2-1-3-7-8(6)15-10(14-7)9-12-4-5-13-9/h1-5H,(H,12,13)(H,14,15). The van der Waals surface area contributed by atoms with Gasteiger partial charge in [-0.05, 0) is 12.1 Å². The van der Waals surface area contributed by atoms with E-state index < -0.39 is 0 Å². The van der Waals surface area contributed by atoms with Crippen LogP contribution in [-0.2, 0) is 0 Å². The second-order valence-electron chi connectivity index (χ2n) is 3.16. The molecule has 0 spiro atoms. The van der Waals surface area contributed by atoms with E-state index in [1.807, 2.05) is 0 Å². The highest BCUT2D eigenvalue weighted by atomic mass is 19.1. The van der Waals surface area contributed by atoms with Gasteiger partial charge >= 0.3 is 0 Å². The third kappa shape index (κ3) is 1.20. The molecule has 2 N–H and O–H groups in total. The van der Waals surface area contributed by atoms with E-state index >= 15 is 0 Å². The lowest BCUT2D eigenvalue weighted by molar-refractivity contribution is 0.637. The number of benzene rings is 1. The maximum absolute atomic E-state index is 13.3.